The van der Waals surface area contributed by atoms with Crippen molar-refractivity contribution in [2.24, 2.45) is 0 Å². The number of nitrogens with zero attached hydrogens (tertiary/aromatic N) is 4. The monoisotopic (exact) mass is 414 g/mol. The molecule has 1 aromatic heterocycles. The minimum absolute atomic E-state index is 0.369. The Morgan fingerprint density at radius 3 is 1.90 bits per heavy atom. The zero-order valence-electron chi connectivity index (χ0n) is 19.4. The molecular formula is C25H42N4O. The maximum Gasteiger partial charge on any atom is 0.131 e. The summed E-state index contributed by atoms with van der Waals surface area (Å²) >= 11 is 0. The van der Waals surface area contributed by atoms with Gasteiger partial charge >= 0.3 is 0 Å². The van der Waals surface area contributed by atoms with E-state index in [4.69, 9.17) is 4.74 Å². The second-order valence-corrected chi connectivity index (χ2v) is 10.00. The Bertz CT molecular complexity index is 625. The van der Waals surface area contributed by atoms with Crippen molar-refractivity contribution < 1.29 is 4.74 Å². The molecule has 4 rings (SSSR count). The van der Waals surface area contributed by atoms with Gasteiger partial charge in [-0.1, -0.05) is 6.92 Å². The standard InChI is InChI=1S/C25H42N4O/c1-4-20-17-26-25(27-18-20)21-9-13-28(14-10-21)23-11-15-29(16-12-23)22-5-7-24(8-6-22)30-19(2)3/h17-19,21-24H,4-16H2,1-3H3/t22-,24+. The number of hydrogen-bond acceptors (Lipinski definition) is 5. The van der Waals surface area contributed by atoms with Crippen LogP contribution in [0, 0.1) is 0 Å². The molecule has 168 valence electrons. The van der Waals surface area contributed by atoms with Gasteiger partial charge in [-0.15, -0.1) is 0 Å². The van der Waals surface area contributed by atoms with E-state index in [1.807, 2.05) is 12.4 Å². The fourth-order valence-corrected chi connectivity index (χ4v) is 5.83. The largest absolute Gasteiger partial charge is 0.376 e. The topological polar surface area (TPSA) is 41.5 Å². The number of aromatic nitrogens is 2. The van der Waals surface area contributed by atoms with Crippen LogP contribution in [0.5, 0.6) is 0 Å². The molecule has 2 aliphatic heterocycles. The highest BCUT2D eigenvalue weighted by atomic mass is 16.5. The summed E-state index contributed by atoms with van der Waals surface area (Å²) in [5.74, 6) is 1.62. The Kier molecular flexibility index (Phi) is 7.77. The van der Waals surface area contributed by atoms with Crippen LogP contribution in [0.25, 0.3) is 0 Å². The molecule has 0 unspecified atom stereocenters. The van der Waals surface area contributed by atoms with Crippen molar-refractivity contribution in [3.63, 3.8) is 0 Å². The number of aryl methyl sites for hydroxylation is 1. The van der Waals surface area contributed by atoms with Crippen molar-refractivity contribution in [1.29, 1.82) is 0 Å². The fourth-order valence-electron chi connectivity index (χ4n) is 5.83. The summed E-state index contributed by atoms with van der Waals surface area (Å²) in [4.78, 5) is 14.9. The quantitative estimate of drug-likeness (QED) is 0.689. The molecule has 0 atom stereocenters. The first kappa shape index (κ1) is 22.2. The number of piperidine rings is 2. The fraction of sp³-hybridized carbons (Fsp3) is 0.840. The summed E-state index contributed by atoms with van der Waals surface area (Å²) in [6.07, 6.45) is 16.2. The minimum Gasteiger partial charge on any atom is -0.376 e. The first-order valence-electron chi connectivity index (χ1n) is 12.6. The molecule has 0 amide bonds. The van der Waals surface area contributed by atoms with E-state index in [1.165, 1.54) is 83.1 Å². The summed E-state index contributed by atoms with van der Waals surface area (Å²) in [6, 6.07) is 1.58. The predicted octanol–water partition coefficient (Wildman–Crippen LogP) is 4.42. The third-order valence-corrected chi connectivity index (χ3v) is 7.67. The van der Waals surface area contributed by atoms with Crippen molar-refractivity contribution in [1.82, 2.24) is 19.8 Å². The predicted molar refractivity (Wildman–Crippen MR) is 122 cm³/mol. The summed E-state index contributed by atoms with van der Waals surface area (Å²) in [7, 11) is 0. The summed E-state index contributed by atoms with van der Waals surface area (Å²) in [5.41, 5.74) is 1.24. The van der Waals surface area contributed by atoms with Crippen LogP contribution >= 0.6 is 0 Å². The van der Waals surface area contributed by atoms with Crippen LogP contribution in [-0.4, -0.2) is 70.2 Å². The molecular weight excluding hydrogens is 372 g/mol. The molecule has 3 fully saturated rings. The van der Waals surface area contributed by atoms with E-state index in [1.54, 1.807) is 0 Å². The molecule has 5 nitrogen and oxygen atoms in total. The third-order valence-electron chi connectivity index (χ3n) is 7.67. The lowest BCUT2D eigenvalue weighted by Crippen LogP contribution is -2.50. The molecule has 0 N–H and O–H groups in total. The normalized spacial score (nSPS) is 28.3. The second kappa shape index (κ2) is 10.5. The van der Waals surface area contributed by atoms with Gasteiger partial charge < -0.3 is 14.5 Å². The summed E-state index contributed by atoms with van der Waals surface area (Å²) in [6.45, 7) is 11.5. The molecule has 3 heterocycles. The van der Waals surface area contributed by atoms with Gasteiger partial charge in [-0.2, -0.15) is 0 Å². The molecule has 1 aromatic rings. The Hall–Kier alpha value is -1.04. The summed E-state index contributed by atoms with van der Waals surface area (Å²) in [5, 5.41) is 0. The molecule has 0 radical (unpaired) electrons. The number of likely N-dealkylation sites (tertiary alicyclic amines) is 2. The smallest absolute Gasteiger partial charge is 0.131 e. The van der Waals surface area contributed by atoms with Gasteiger partial charge in [0.15, 0.2) is 0 Å². The first-order valence-corrected chi connectivity index (χ1v) is 12.6. The molecule has 30 heavy (non-hydrogen) atoms. The van der Waals surface area contributed by atoms with Crippen molar-refractivity contribution in [3.8, 4) is 0 Å². The van der Waals surface area contributed by atoms with Crippen LogP contribution < -0.4 is 0 Å². The van der Waals surface area contributed by atoms with Gasteiger partial charge in [-0.05, 0) is 103 Å². The van der Waals surface area contributed by atoms with Crippen molar-refractivity contribution in [2.45, 2.75) is 109 Å². The van der Waals surface area contributed by atoms with E-state index in [2.05, 4.69) is 40.5 Å². The lowest BCUT2D eigenvalue weighted by molar-refractivity contribution is -0.0308. The maximum atomic E-state index is 6.04. The van der Waals surface area contributed by atoms with Gasteiger partial charge in [0.1, 0.15) is 5.82 Å². The van der Waals surface area contributed by atoms with Gasteiger partial charge in [-0.3, -0.25) is 0 Å². The Morgan fingerprint density at radius 1 is 0.833 bits per heavy atom. The Labute approximate surface area is 183 Å². The average Bonchev–Trinajstić information content (AvgIpc) is 2.80. The third kappa shape index (κ3) is 5.60. The van der Waals surface area contributed by atoms with Crippen molar-refractivity contribution in [3.05, 3.63) is 23.8 Å². The molecule has 5 heteroatoms. The zero-order chi connectivity index (χ0) is 20.9. The van der Waals surface area contributed by atoms with E-state index in [9.17, 15) is 0 Å². The van der Waals surface area contributed by atoms with Crippen LogP contribution in [-0.2, 0) is 11.2 Å². The van der Waals surface area contributed by atoms with Crippen LogP contribution in [0.2, 0.25) is 0 Å². The van der Waals surface area contributed by atoms with Crippen molar-refractivity contribution in [2.75, 3.05) is 26.2 Å². The molecule has 2 saturated heterocycles. The van der Waals surface area contributed by atoms with Gasteiger partial charge in [-0.25, -0.2) is 9.97 Å². The van der Waals surface area contributed by atoms with Gasteiger partial charge in [0.2, 0.25) is 0 Å². The highest BCUT2D eigenvalue weighted by Crippen LogP contribution is 2.31. The highest BCUT2D eigenvalue weighted by Gasteiger charge is 2.33. The van der Waals surface area contributed by atoms with Crippen LogP contribution in [0.3, 0.4) is 0 Å². The Balaban J connectivity index is 1.18. The molecule has 0 bridgehead atoms. The number of hydrogen-bond donors (Lipinski definition) is 0. The zero-order valence-corrected chi connectivity index (χ0v) is 19.4. The molecule has 1 saturated carbocycles. The van der Waals surface area contributed by atoms with E-state index in [-0.39, 0.29) is 0 Å². The molecule has 1 aliphatic carbocycles. The van der Waals surface area contributed by atoms with E-state index < -0.39 is 0 Å². The van der Waals surface area contributed by atoms with Crippen LogP contribution in [0.4, 0.5) is 0 Å². The maximum absolute atomic E-state index is 6.04. The highest BCUT2D eigenvalue weighted by molar-refractivity contribution is 5.08. The number of rotatable bonds is 6. The lowest BCUT2D eigenvalue weighted by Gasteiger charge is -2.45. The van der Waals surface area contributed by atoms with Crippen LogP contribution in [0.15, 0.2) is 12.4 Å². The minimum atomic E-state index is 0.369. The molecule has 0 spiro atoms. The first-order chi connectivity index (χ1) is 14.6. The van der Waals surface area contributed by atoms with E-state index in [0.717, 1.165) is 24.3 Å². The van der Waals surface area contributed by atoms with Gasteiger partial charge in [0.25, 0.3) is 0 Å². The van der Waals surface area contributed by atoms with Crippen molar-refractivity contribution >= 4 is 0 Å². The Morgan fingerprint density at radius 2 is 1.37 bits per heavy atom. The number of ether oxygens (including phenoxy) is 1. The van der Waals surface area contributed by atoms with E-state index >= 15 is 0 Å². The van der Waals surface area contributed by atoms with Gasteiger partial charge in [0, 0.05) is 30.4 Å². The van der Waals surface area contributed by atoms with Gasteiger partial charge in [0.05, 0.1) is 12.2 Å². The van der Waals surface area contributed by atoms with Crippen LogP contribution in [0.1, 0.15) is 89.4 Å². The second-order valence-electron chi connectivity index (χ2n) is 10.00. The molecule has 3 aliphatic rings. The molecule has 0 aromatic carbocycles. The summed E-state index contributed by atoms with van der Waals surface area (Å²) < 4.78 is 6.04. The lowest BCUT2D eigenvalue weighted by atomic mass is 9.89. The average molecular weight is 415 g/mol. The SMILES string of the molecule is CCc1cnc(C2CCN(C3CCN([C@H]4CC[C@@H](OC(C)C)CC4)CC3)CC2)nc1. The van der Waals surface area contributed by atoms with E-state index in [0.29, 0.717) is 18.1 Å².